The van der Waals surface area contributed by atoms with Gasteiger partial charge in [0.25, 0.3) is 5.56 Å². The lowest BCUT2D eigenvalue weighted by atomic mass is 10.1. The third-order valence-electron chi connectivity index (χ3n) is 6.01. The smallest absolute Gasteiger partial charge is 0.282 e. The zero-order valence-corrected chi connectivity index (χ0v) is 22.7. The Labute approximate surface area is 223 Å². The van der Waals surface area contributed by atoms with Crippen molar-refractivity contribution in [2.24, 2.45) is 5.10 Å². The fourth-order valence-corrected chi connectivity index (χ4v) is 4.36. The van der Waals surface area contributed by atoms with Crippen molar-refractivity contribution in [1.29, 1.82) is 0 Å². The largest absolute Gasteiger partial charge is 0.488 e. The molecule has 0 amide bonds. The number of anilines is 1. The molecular weight excluding hydrogens is 536 g/mol. The Kier molecular flexibility index (Phi) is 6.88. The molecule has 0 atom stereocenters. The summed E-state index contributed by atoms with van der Waals surface area (Å²) in [7, 11) is 3.94. The molecule has 0 spiro atoms. The number of ether oxygens (including phenoxy) is 3. The van der Waals surface area contributed by atoms with Gasteiger partial charge in [0.1, 0.15) is 18.2 Å². The first-order valence-electron chi connectivity index (χ1n) is 11.9. The minimum atomic E-state index is -0.223. The summed E-state index contributed by atoms with van der Waals surface area (Å²) in [4.78, 5) is 20.1. The Morgan fingerprint density at radius 2 is 1.92 bits per heavy atom. The van der Waals surface area contributed by atoms with Crippen LogP contribution in [-0.4, -0.2) is 36.8 Å². The van der Waals surface area contributed by atoms with Crippen molar-refractivity contribution in [2.45, 2.75) is 26.4 Å². The Balaban J connectivity index is 1.51. The van der Waals surface area contributed by atoms with Gasteiger partial charge >= 0.3 is 0 Å². The minimum Gasteiger partial charge on any atom is -0.488 e. The van der Waals surface area contributed by atoms with Gasteiger partial charge in [0.05, 0.1) is 17.1 Å². The van der Waals surface area contributed by atoms with Crippen LogP contribution in [0, 0.1) is 0 Å². The first-order valence-corrected chi connectivity index (χ1v) is 12.7. The van der Waals surface area contributed by atoms with E-state index >= 15 is 0 Å². The molecule has 1 aliphatic rings. The first kappa shape index (κ1) is 24.8. The van der Waals surface area contributed by atoms with Gasteiger partial charge in [-0.15, -0.1) is 0 Å². The molecule has 2 heterocycles. The quantitative estimate of drug-likeness (QED) is 0.275. The fourth-order valence-electron chi connectivity index (χ4n) is 4.00. The Hall–Kier alpha value is -3.85. The molecule has 5 rings (SSSR count). The second-order valence-corrected chi connectivity index (χ2v) is 10.2. The molecule has 1 aliphatic heterocycles. The highest BCUT2D eigenvalue weighted by atomic mass is 79.9. The molecule has 0 radical (unpaired) electrons. The molecule has 9 heteroatoms. The molecule has 0 saturated heterocycles. The van der Waals surface area contributed by atoms with Crippen LogP contribution in [0.2, 0.25) is 0 Å². The maximum atomic E-state index is 13.4. The number of rotatable bonds is 7. The Morgan fingerprint density at radius 3 is 2.70 bits per heavy atom. The predicted octanol–water partition coefficient (Wildman–Crippen LogP) is 5.54. The van der Waals surface area contributed by atoms with Crippen molar-refractivity contribution in [2.75, 3.05) is 25.8 Å². The van der Waals surface area contributed by atoms with Gasteiger partial charge in [0.2, 0.25) is 6.79 Å². The van der Waals surface area contributed by atoms with Crippen molar-refractivity contribution in [3.63, 3.8) is 0 Å². The Morgan fingerprint density at radius 1 is 1.11 bits per heavy atom. The van der Waals surface area contributed by atoms with Gasteiger partial charge in [-0.1, -0.05) is 35.8 Å². The van der Waals surface area contributed by atoms with Crippen LogP contribution in [0.3, 0.4) is 0 Å². The second-order valence-electron chi connectivity index (χ2n) is 9.24. The van der Waals surface area contributed by atoms with Crippen LogP contribution < -0.4 is 24.7 Å². The normalized spacial score (nSPS) is 12.6. The molecular formula is C28H27BrN4O4. The SMILES string of the molecule is CC(C)c1nc2ccc(Br)cc2c(=O)n1N=Cc1ccc(N(C)C)cc1OCc1ccc2c(c1)OCO2. The van der Waals surface area contributed by atoms with Crippen molar-refractivity contribution in [3.05, 3.63) is 86.4 Å². The monoisotopic (exact) mass is 562 g/mol. The summed E-state index contributed by atoms with van der Waals surface area (Å²) in [6.07, 6.45) is 1.65. The lowest BCUT2D eigenvalue weighted by Crippen LogP contribution is -2.23. The van der Waals surface area contributed by atoms with Gasteiger partial charge < -0.3 is 19.1 Å². The van der Waals surface area contributed by atoms with E-state index in [0.29, 0.717) is 34.8 Å². The van der Waals surface area contributed by atoms with Gasteiger partial charge in [-0.05, 0) is 48.0 Å². The molecule has 8 nitrogen and oxygen atoms in total. The van der Waals surface area contributed by atoms with Crippen LogP contribution >= 0.6 is 15.9 Å². The highest BCUT2D eigenvalue weighted by molar-refractivity contribution is 9.10. The number of fused-ring (bicyclic) bond motifs is 2. The topological polar surface area (TPSA) is 78.2 Å². The van der Waals surface area contributed by atoms with Crippen molar-refractivity contribution in [1.82, 2.24) is 9.66 Å². The summed E-state index contributed by atoms with van der Waals surface area (Å²) in [5.41, 5.74) is 3.09. The van der Waals surface area contributed by atoms with E-state index < -0.39 is 0 Å². The number of halogens is 1. The summed E-state index contributed by atoms with van der Waals surface area (Å²) < 4.78 is 19.3. The zero-order valence-electron chi connectivity index (χ0n) is 21.1. The van der Waals surface area contributed by atoms with Gasteiger partial charge in [-0.2, -0.15) is 9.78 Å². The molecule has 1 aromatic heterocycles. The van der Waals surface area contributed by atoms with E-state index in [2.05, 4.69) is 21.0 Å². The van der Waals surface area contributed by atoms with Crippen molar-refractivity contribution in [3.8, 4) is 17.2 Å². The molecule has 37 heavy (non-hydrogen) atoms. The highest BCUT2D eigenvalue weighted by Crippen LogP contribution is 2.33. The van der Waals surface area contributed by atoms with E-state index in [1.807, 2.05) is 81.4 Å². The number of benzene rings is 3. The molecule has 0 unspecified atom stereocenters. The number of hydrogen-bond donors (Lipinski definition) is 0. The maximum Gasteiger partial charge on any atom is 0.282 e. The van der Waals surface area contributed by atoms with E-state index in [1.165, 1.54) is 4.68 Å². The third kappa shape index (κ3) is 5.17. The third-order valence-corrected chi connectivity index (χ3v) is 6.50. The summed E-state index contributed by atoms with van der Waals surface area (Å²) in [6, 6.07) is 17.1. The van der Waals surface area contributed by atoms with E-state index in [-0.39, 0.29) is 18.3 Å². The number of nitrogens with zero attached hydrogens (tertiary/aromatic N) is 4. The number of aromatic nitrogens is 2. The van der Waals surface area contributed by atoms with E-state index in [4.69, 9.17) is 19.2 Å². The van der Waals surface area contributed by atoms with Crippen LogP contribution in [0.5, 0.6) is 17.2 Å². The predicted molar refractivity (Wildman–Crippen MR) is 148 cm³/mol. The summed E-state index contributed by atoms with van der Waals surface area (Å²) >= 11 is 3.45. The standard InChI is InChI=1S/C28H27BrN4O4/c1-17(2)27-31-23-9-7-20(29)12-22(23)28(34)33(27)30-14-19-6-8-21(32(3)4)13-25(19)35-15-18-5-10-24-26(11-18)37-16-36-24/h5-14,17H,15-16H2,1-4H3. The molecule has 0 saturated carbocycles. The average molecular weight is 563 g/mol. The van der Waals surface area contributed by atoms with E-state index in [0.717, 1.165) is 27.0 Å². The van der Waals surface area contributed by atoms with Crippen LogP contribution in [-0.2, 0) is 6.61 Å². The van der Waals surface area contributed by atoms with Crippen LogP contribution in [0.4, 0.5) is 5.69 Å². The summed E-state index contributed by atoms with van der Waals surface area (Å²) in [5, 5.41) is 5.08. The number of hydrogen-bond acceptors (Lipinski definition) is 7. The molecule has 4 aromatic rings. The molecule has 3 aromatic carbocycles. The van der Waals surface area contributed by atoms with Gasteiger partial charge in [-0.3, -0.25) is 4.79 Å². The molecule has 0 fully saturated rings. The van der Waals surface area contributed by atoms with Gasteiger partial charge in [0, 0.05) is 41.8 Å². The van der Waals surface area contributed by atoms with Gasteiger partial charge in [0.15, 0.2) is 11.5 Å². The summed E-state index contributed by atoms with van der Waals surface area (Å²) in [5.74, 6) is 2.66. The molecule has 0 bridgehead atoms. The van der Waals surface area contributed by atoms with Crippen molar-refractivity contribution < 1.29 is 14.2 Å². The summed E-state index contributed by atoms with van der Waals surface area (Å²) in [6.45, 7) is 4.54. The van der Waals surface area contributed by atoms with Gasteiger partial charge in [-0.25, -0.2) is 4.98 Å². The van der Waals surface area contributed by atoms with Crippen LogP contribution in [0.25, 0.3) is 10.9 Å². The second kappa shape index (κ2) is 10.3. The molecule has 0 N–H and O–H groups in total. The Bertz CT molecular complexity index is 1560. The lowest BCUT2D eigenvalue weighted by molar-refractivity contribution is 0.174. The molecule has 0 aliphatic carbocycles. The first-order chi connectivity index (χ1) is 17.8. The molecule has 190 valence electrons. The lowest BCUT2D eigenvalue weighted by Gasteiger charge is -2.16. The highest BCUT2D eigenvalue weighted by Gasteiger charge is 2.16. The van der Waals surface area contributed by atoms with Crippen LogP contribution in [0.1, 0.15) is 36.7 Å². The minimum absolute atomic E-state index is 0.00394. The fraction of sp³-hybridized carbons (Fsp3) is 0.250. The zero-order chi connectivity index (χ0) is 26.1. The average Bonchev–Trinajstić information content (AvgIpc) is 3.35. The van der Waals surface area contributed by atoms with E-state index in [1.54, 1.807) is 12.3 Å². The maximum absolute atomic E-state index is 13.4. The van der Waals surface area contributed by atoms with E-state index in [9.17, 15) is 4.79 Å². The van der Waals surface area contributed by atoms with Crippen LogP contribution in [0.15, 0.2) is 69.0 Å². The van der Waals surface area contributed by atoms with Crippen molar-refractivity contribution >= 4 is 38.7 Å².